The third-order valence-corrected chi connectivity index (χ3v) is 5.62. The summed E-state index contributed by atoms with van der Waals surface area (Å²) in [6.45, 7) is 8.19. The van der Waals surface area contributed by atoms with Crippen molar-refractivity contribution in [3.05, 3.63) is 64.1 Å². The van der Waals surface area contributed by atoms with Crippen LogP contribution < -0.4 is 5.32 Å². The molecule has 0 bridgehead atoms. The Morgan fingerprint density at radius 3 is 2.40 bits per heavy atom. The van der Waals surface area contributed by atoms with Crippen LogP contribution in [0.1, 0.15) is 43.1 Å². The zero-order chi connectivity index (χ0) is 21.9. The van der Waals surface area contributed by atoms with Crippen molar-refractivity contribution in [2.24, 2.45) is 0 Å². The molecular weight excluding hydrogens is 438 g/mol. The van der Waals surface area contributed by atoms with E-state index in [1.165, 1.54) is 5.56 Å². The molecule has 0 aliphatic heterocycles. The van der Waals surface area contributed by atoms with Crippen molar-refractivity contribution in [1.29, 1.82) is 0 Å². The topological polar surface area (TPSA) is 45.2 Å². The van der Waals surface area contributed by atoms with Crippen LogP contribution in [0.25, 0.3) is 22.2 Å². The van der Waals surface area contributed by atoms with Gasteiger partial charge >= 0.3 is 0 Å². The highest BCUT2D eigenvalue weighted by Gasteiger charge is 2.16. The Kier molecular flexibility index (Phi) is 6.94. The molecule has 0 unspecified atom stereocenters. The molecule has 0 fully saturated rings. The van der Waals surface area contributed by atoms with Gasteiger partial charge in [-0.05, 0) is 62.3 Å². The second-order valence-electron chi connectivity index (χ2n) is 8.96. The monoisotopic (exact) mass is 467 g/mol. The lowest BCUT2D eigenvalue weighted by molar-refractivity contribution is 0.0954. The molecule has 4 nitrogen and oxygen atoms in total. The third kappa shape index (κ3) is 5.46. The largest absolute Gasteiger partial charge is 0.352 e. The summed E-state index contributed by atoms with van der Waals surface area (Å²) in [6, 6.07) is 16.2. The molecule has 0 spiro atoms. The first kappa shape index (κ1) is 22.4. The molecule has 0 aliphatic rings. The minimum atomic E-state index is -0.0631. The molecule has 1 heterocycles. The number of hydrogen-bond acceptors (Lipinski definition) is 3. The lowest BCUT2D eigenvalue weighted by Crippen LogP contribution is -2.27. The van der Waals surface area contributed by atoms with E-state index in [4.69, 9.17) is 4.98 Å². The van der Waals surface area contributed by atoms with Crippen LogP contribution in [0.3, 0.4) is 0 Å². The SMILES string of the molecule is CN(C)CCCNC(=O)c1cc(-c2ccc(C(C)(C)C)cc2)nc2ccc(Br)cc12. The number of fused-ring (bicyclic) bond motifs is 1. The number of pyridine rings is 1. The molecule has 1 aromatic heterocycles. The first-order chi connectivity index (χ1) is 14.1. The van der Waals surface area contributed by atoms with Gasteiger partial charge in [-0.15, -0.1) is 0 Å². The smallest absolute Gasteiger partial charge is 0.252 e. The van der Waals surface area contributed by atoms with Crippen LogP contribution in [0.5, 0.6) is 0 Å². The molecular formula is C25H30BrN3O. The number of nitrogens with zero attached hydrogens (tertiary/aromatic N) is 2. The van der Waals surface area contributed by atoms with E-state index in [0.717, 1.165) is 39.6 Å². The molecule has 5 heteroatoms. The zero-order valence-electron chi connectivity index (χ0n) is 18.4. The molecule has 1 N–H and O–H groups in total. The predicted molar refractivity (Wildman–Crippen MR) is 129 cm³/mol. The minimum absolute atomic E-state index is 0.0631. The fourth-order valence-corrected chi connectivity index (χ4v) is 3.73. The molecule has 2 aromatic carbocycles. The van der Waals surface area contributed by atoms with Gasteiger partial charge in [0.2, 0.25) is 0 Å². The van der Waals surface area contributed by atoms with Gasteiger partial charge in [0.05, 0.1) is 16.8 Å². The normalized spacial score (nSPS) is 11.8. The highest BCUT2D eigenvalue weighted by atomic mass is 79.9. The molecule has 3 aromatic rings. The van der Waals surface area contributed by atoms with Crippen molar-refractivity contribution >= 4 is 32.7 Å². The van der Waals surface area contributed by atoms with Crippen molar-refractivity contribution < 1.29 is 4.79 Å². The summed E-state index contributed by atoms with van der Waals surface area (Å²) >= 11 is 3.52. The maximum Gasteiger partial charge on any atom is 0.252 e. The fourth-order valence-electron chi connectivity index (χ4n) is 3.37. The van der Waals surface area contributed by atoms with Crippen molar-refractivity contribution in [2.45, 2.75) is 32.6 Å². The van der Waals surface area contributed by atoms with Gasteiger partial charge in [-0.25, -0.2) is 4.98 Å². The maximum absolute atomic E-state index is 13.0. The molecule has 0 saturated heterocycles. The Balaban J connectivity index is 1.97. The van der Waals surface area contributed by atoms with Gasteiger partial charge in [0.15, 0.2) is 0 Å². The first-order valence-corrected chi connectivity index (χ1v) is 11.1. The second kappa shape index (κ2) is 9.27. The Labute approximate surface area is 187 Å². The van der Waals surface area contributed by atoms with Gasteiger partial charge in [0.1, 0.15) is 0 Å². The van der Waals surface area contributed by atoms with E-state index >= 15 is 0 Å². The van der Waals surface area contributed by atoms with Gasteiger partial charge in [0.25, 0.3) is 5.91 Å². The number of aromatic nitrogens is 1. The molecule has 30 heavy (non-hydrogen) atoms. The number of carbonyl (C=O) groups excluding carboxylic acids is 1. The van der Waals surface area contributed by atoms with E-state index in [0.29, 0.717) is 12.1 Å². The van der Waals surface area contributed by atoms with Crippen molar-refractivity contribution in [1.82, 2.24) is 15.2 Å². The van der Waals surface area contributed by atoms with E-state index in [1.807, 2.05) is 38.4 Å². The first-order valence-electron chi connectivity index (χ1n) is 10.3. The summed E-state index contributed by atoms with van der Waals surface area (Å²) in [7, 11) is 4.07. The quantitative estimate of drug-likeness (QED) is 0.476. The number of hydrogen-bond donors (Lipinski definition) is 1. The standard InChI is InChI=1S/C25H30BrN3O/c1-25(2,3)18-9-7-17(8-10-18)23-16-21(24(30)27-13-6-14-29(4)5)20-15-19(26)11-12-22(20)28-23/h7-12,15-16H,6,13-14H2,1-5H3,(H,27,30). The molecule has 0 atom stereocenters. The summed E-state index contributed by atoms with van der Waals surface area (Å²) in [4.78, 5) is 20.0. The van der Waals surface area contributed by atoms with Crippen LogP contribution in [-0.4, -0.2) is 43.0 Å². The number of rotatable bonds is 6. The maximum atomic E-state index is 13.0. The van der Waals surface area contributed by atoms with Crippen LogP contribution >= 0.6 is 15.9 Å². The van der Waals surface area contributed by atoms with E-state index in [2.05, 4.69) is 71.2 Å². The summed E-state index contributed by atoms with van der Waals surface area (Å²) in [5.41, 5.74) is 4.65. The Morgan fingerprint density at radius 1 is 1.07 bits per heavy atom. The molecule has 3 rings (SSSR count). The molecule has 0 radical (unpaired) electrons. The van der Waals surface area contributed by atoms with E-state index in [-0.39, 0.29) is 11.3 Å². The lowest BCUT2D eigenvalue weighted by Gasteiger charge is -2.19. The number of halogens is 1. The van der Waals surface area contributed by atoms with Gasteiger partial charge in [-0.2, -0.15) is 0 Å². The van der Waals surface area contributed by atoms with Crippen LogP contribution in [0.4, 0.5) is 0 Å². The predicted octanol–water partition coefficient (Wildman–Crippen LogP) is 5.64. The van der Waals surface area contributed by atoms with Crippen molar-refractivity contribution in [3.8, 4) is 11.3 Å². The zero-order valence-corrected chi connectivity index (χ0v) is 20.0. The Hall–Kier alpha value is -2.24. The van der Waals surface area contributed by atoms with Gasteiger partial charge < -0.3 is 10.2 Å². The fraction of sp³-hybridized carbons (Fsp3) is 0.360. The summed E-state index contributed by atoms with van der Waals surface area (Å²) < 4.78 is 0.931. The summed E-state index contributed by atoms with van der Waals surface area (Å²) in [5.74, 6) is -0.0631. The Morgan fingerprint density at radius 2 is 1.77 bits per heavy atom. The van der Waals surface area contributed by atoms with Crippen molar-refractivity contribution in [3.63, 3.8) is 0 Å². The molecule has 0 saturated carbocycles. The number of amides is 1. The average molecular weight is 468 g/mol. The minimum Gasteiger partial charge on any atom is -0.352 e. The molecule has 158 valence electrons. The van der Waals surface area contributed by atoms with E-state index in [1.54, 1.807) is 0 Å². The lowest BCUT2D eigenvalue weighted by atomic mass is 9.86. The van der Waals surface area contributed by atoms with Crippen LogP contribution in [0, 0.1) is 0 Å². The number of nitrogens with one attached hydrogen (secondary N) is 1. The Bertz CT molecular complexity index is 1040. The average Bonchev–Trinajstić information content (AvgIpc) is 2.69. The summed E-state index contributed by atoms with van der Waals surface area (Å²) in [5, 5.41) is 3.92. The highest BCUT2D eigenvalue weighted by molar-refractivity contribution is 9.10. The number of benzene rings is 2. The summed E-state index contributed by atoms with van der Waals surface area (Å²) in [6.07, 6.45) is 0.909. The van der Waals surface area contributed by atoms with E-state index < -0.39 is 0 Å². The highest BCUT2D eigenvalue weighted by Crippen LogP contribution is 2.29. The second-order valence-corrected chi connectivity index (χ2v) is 9.87. The van der Waals surface area contributed by atoms with Gasteiger partial charge in [-0.3, -0.25) is 4.79 Å². The molecule has 0 aliphatic carbocycles. The third-order valence-electron chi connectivity index (χ3n) is 5.13. The van der Waals surface area contributed by atoms with E-state index in [9.17, 15) is 4.79 Å². The van der Waals surface area contributed by atoms with Gasteiger partial charge in [0, 0.05) is 22.0 Å². The van der Waals surface area contributed by atoms with Crippen LogP contribution in [-0.2, 0) is 5.41 Å². The van der Waals surface area contributed by atoms with Gasteiger partial charge in [-0.1, -0.05) is 61.0 Å². The van der Waals surface area contributed by atoms with Crippen LogP contribution in [0.2, 0.25) is 0 Å². The number of carbonyl (C=O) groups is 1. The van der Waals surface area contributed by atoms with Crippen LogP contribution in [0.15, 0.2) is 53.0 Å². The molecule has 1 amide bonds. The van der Waals surface area contributed by atoms with Crippen molar-refractivity contribution in [2.75, 3.05) is 27.2 Å².